The fraction of sp³-hybridized carbons (Fsp3) is 0.333. The van der Waals surface area contributed by atoms with Crippen molar-refractivity contribution in [3.05, 3.63) is 47.6 Å². The molecule has 0 fully saturated rings. The maximum Gasteiger partial charge on any atom is 0.0351 e. The van der Waals surface area contributed by atoms with Gasteiger partial charge in [-0.15, -0.1) is 0 Å². The third kappa shape index (κ3) is 3.03. The Kier molecular flexibility index (Phi) is 4.27. The Morgan fingerprint density at radius 3 is 1.54 bits per heavy atom. The molecule has 0 amide bonds. The smallest absolute Gasteiger partial charge is 0.0351 e. The number of methoxy groups -OCH3 is 1. The summed E-state index contributed by atoms with van der Waals surface area (Å²) in [5.41, 5.74) is 2.98. The van der Waals surface area contributed by atoms with Crippen LogP contribution in [0.25, 0.3) is 0 Å². The molecule has 0 saturated heterocycles. The Labute approximate surface area is 80.1 Å². The van der Waals surface area contributed by atoms with Crippen LogP contribution in [0, 0.1) is 0 Å². The molecule has 0 spiro atoms. The van der Waals surface area contributed by atoms with Crippen LogP contribution in [0.3, 0.4) is 0 Å². The summed E-state index contributed by atoms with van der Waals surface area (Å²) in [5, 5.41) is 0. The summed E-state index contributed by atoms with van der Waals surface area (Å²) in [6.45, 7) is 0. The van der Waals surface area contributed by atoms with E-state index < -0.39 is 0 Å². The molecular formula is C12H16O. The highest BCUT2D eigenvalue weighted by atomic mass is 16.4. The van der Waals surface area contributed by atoms with Crippen LogP contribution in [0.2, 0.25) is 0 Å². The normalized spacial score (nSPS) is 18.0. The molecule has 0 aliphatic heterocycles. The minimum Gasteiger partial charge on any atom is -0.388 e. The molecular weight excluding hydrogens is 160 g/mol. The first-order chi connectivity index (χ1) is 6.38. The van der Waals surface area contributed by atoms with Gasteiger partial charge in [0.25, 0.3) is 0 Å². The minimum absolute atomic E-state index is 1.13. The number of hydrogen-bond donors (Lipinski definition) is 0. The van der Waals surface area contributed by atoms with Gasteiger partial charge in [-0.05, 0) is 24.0 Å². The number of hydrogen-bond acceptors (Lipinski definition) is 1. The number of rotatable bonds is 1. The van der Waals surface area contributed by atoms with Crippen LogP contribution in [0.5, 0.6) is 0 Å². The first-order valence-electron chi connectivity index (χ1n) is 4.50. The van der Waals surface area contributed by atoms with Crippen molar-refractivity contribution in [1.82, 2.24) is 0 Å². The minimum atomic E-state index is 1.13. The van der Waals surface area contributed by atoms with Crippen molar-refractivity contribution < 1.29 is 4.74 Å². The molecule has 0 bridgehead atoms. The van der Waals surface area contributed by atoms with Crippen LogP contribution >= 0.6 is 0 Å². The van der Waals surface area contributed by atoms with Gasteiger partial charge < -0.3 is 4.74 Å². The molecule has 0 radical (unpaired) electrons. The van der Waals surface area contributed by atoms with E-state index in [0.717, 1.165) is 12.8 Å². The summed E-state index contributed by atoms with van der Waals surface area (Å²) < 4.78 is 4.25. The van der Waals surface area contributed by atoms with Crippen molar-refractivity contribution in [2.75, 3.05) is 14.2 Å². The molecule has 0 aromatic heterocycles. The van der Waals surface area contributed by atoms with Crippen LogP contribution in [-0.4, -0.2) is 14.2 Å². The second-order valence-corrected chi connectivity index (χ2v) is 3.06. The molecule has 2 aliphatic rings. The highest BCUT2D eigenvalue weighted by Gasteiger charge is 2.05. The lowest BCUT2D eigenvalue weighted by molar-refractivity contribution is 0.277. The highest BCUT2D eigenvalue weighted by Crippen LogP contribution is 2.25. The standard InChI is InChI=1S/C10H10.C2H6O/c1-2-6-9(5-1)10-7-3-4-8-10;1-3-2/h1-5,7H,6,8H2;1-2H3. The van der Waals surface area contributed by atoms with Crippen molar-refractivity contribution in [2.45, 2.75) is 12.8 Å². The Morgan fingerprint density at radius 1 is 0.923 bits per heavy atom. The molecule has 2 aliphatic carbocycles. The molecule has 1 heteroatoms. The topological polar surface area (TPSA) is 9.23 Å². The Hall–Kier alpha value is -1.08. The summed E-state index contributed by atoms with van der Waals surface area (Å²) in [6.07, 6.45) is 15.4. The lowest BCUT2D eigenvalue weighted by atomic mass is 10.1. The van der Waals surface area contributed by atoms with E-state index in [1.807, 2.05) is 0 Å². The van der Waals surface area contributed by atoms with Crippen LogP contribution in [0.1, 0.15) is 12.8 Å². The van der Waals surface area contributed by atoms with Crippen LogP contribution < -0.4 is 0 Å². The number of ether oxygens (including phenoxy) is 1. The summed E-state index contributed by atoms with van der Waals surface area (Å²) in [6, 6.07) is 0. The lowest BCUT2D eigenvalue weighted by Gasteiger charge is -1.99. The summed E-state index contributed by atoms with van der Waals surface area (Å²) in [5.74, 6) is 0. The van der Waals surface area contributed by atoms with E-state index in [-0.39, 0.29) is 0 Å². The van der Waals surface area contributed by atoms with E-state index >= 15 is 0 Å². The zero-order chi connectivity index (χ0) is 9.52. The van der Waals surface area contributed by atoms with Crippen molar-refractivity contribution in [3.8, 4) is 0 Å². The molecule has 0 aromatic rings. The maximum atomic E-state index is 4.25. The zero-order valence-electron chi connectivity index (χ0n) is 8.29. The molecule has 0 saturated carbocycles. The molecule has 0 atom stereocenters. The van der Waals surface area contributed by atoms with Gasteiger partial charge in [-0.25, -0.2) is 0 Å². The van der Waals surface area contributed by atoms with Gasteiger partial charge in [0.2, 0.25) is 0 Å². The predicted molar refractivity (Wildman–Crippen MR) is 56.6 cm³/mol. The fourth-order valence-electron chi connectivity index (χ4n) is 1.37. The van der Waals surface area contributed by atoms with Gasteiger partial charge in [0.05, 0.1) is 0 Å². The summed E-state index contributed by atoms with van der Waals surface area (Å²) in [7, 11) is 3.25. The van der Waals surface area contributed by atoms with Crippen molar-refractivity contribution in [3.63, 3.8) is 0 Å². The lowest BCUT2D eigenvalue weighted by Crippen LogP contribution is -1.80. The van der Waals surface area contributed by atoms with E-state index in [9.17, 15) is 0 Å². The van der Waals surface area contributed by atoms with Crippen molar-refractivity contribution in [1.29, 1.82) is 0 Å². The SMILES string of the molecule is C1=CCC(C2=CC=CC2)=C1.COC. The van der Waals surface area contributed by atoms with Gasteiger partial charge in [0.15, 0.2) is 0 Å². The predicted octanol–water partition coefficient (Wildman–Crippen LogP) is 3.02. The quantitative estimate of drug-likeness (QED) is 0.596. The molecule has 0 heterocycles. The third-order valence-corrected chi connectivity index (χ3v) is 1.95. The van der Waals surface area contributed by atoms with Crippen LogP contribution in [0.15, 0.2) is 47.6 Å². The van der Waals surface area contributed by atoms with E-state index in [1.165, 1.54) is 11.1 Å². The zero-order valence-corrected chi connectivity index (χ0v) is 8.29. The largest absolute Gasteiger partial charge is 0.388 e. The Balaban J connectivity index is 0.000000251. The van der Waals surface area contributed by atoms with E-state index in [0.29, 0.717) is 0 Å². The monoisotopic (exact) mass is 176 g/mol. The summed E-state index contributed by atoms with van der Waals surface area (Å²) in [4.78, 5) is 0. The van der Waals surface area contributed by atoms with Crippen LogP contribution in [0.4, 0.5) is 0 Å². The second kappa shape index (κ2) is 5.55. The molecule has 1 nitrogen and oxygen atoms in total. The average Bonchev–Trinajstić information content (AvgIpc) is 2.78. The third-order valence-electron chi connectivity index (χ3n) is 1.95. The van der Waals surface area contributed by atoms with Gasteiger partial charge in [-0.1, -0.05) is 36.5 Å². The first kappa shape index (κ1) is 10.0. The average molecular weight is 176 g/mol. The van der Waals surface area contributed by atoms with Crippen LogP contribution in [-0.2, 0) is 4.74 Å². The molecule has 0 N–H and O–H groups in total. The second-order valence-electron chi connectivity index (χ2n) is 3.06. The molecule has 2 rings (SSSR count). The van der Waals surface area contributed by atoms with Gasteiger partial charge in [-0.2, -0.15) is 0 Å². The van der Waals surface area contributed by atoms with E-state index in [2.05, 4.69) is 41.2 Å². The van der Waals surface area contributed by atoms with Crippen molar-refractivity contribution in [2.24, 2.45) is 0 Å². The first-order valence-corrected chi connectivity index (χ1v) is 4.50. The fourth-order valence-corrected chi connectivity index (χ4v) is 1.37. The molecule has 0 aromatic carbocycles. The highest BCUT2D eigenvalue weighted by molar-refractivity contribution is 5.44. The Bertz CT molecular complexity index is 239. The number of allylic oxidation sites excluding steroid dienone is 8. The summed E-state index contributed by atoms with van der Waals surface area (Å²) >= 11 is 0. The Morgan fingerprint density at radius 2 is 1.31 bits per heavy atom. The van der Waals surface area contributed by atoms with Gasteiger partial charge >= 0.3 is 0 Å². The molecule has 13 heavy (non-hydrogen) atoms. The van der Waals surface area contributed by atoms with Gasteiger partial charge in [0.1, 0.15) is 0 Å². The van der Waals surface area contributed by atoms with Gasteiger partial charge in [0, 0.05) is 14.2 Å². The van der Waals surface area contributed by atoms with E-state index in [4.69, 9.17) is 0 Å². The van der Waals surface area contributed by atoms with E-state index in [1.54, 1.807) is 14.2 Å². The molecule has 70 valence electrons. The van der Waals surface area contributed by atoms with Gasteiger partial charge in [-0.3, -0.25) is 0 Å². The van der Waals surface area contributed by atoms with Crippen molar-refractivity contribution >= 4 is 0 Å². The maximum absolute atomic E-state index is 4.25. The molecule has 0 unspecified atom stereocenters.